The molecule has 1 aromatic rings. The van der Waals surface area contributed by atoms with Crippen LogP contribution in [0.25, 0.3) is 0 Å². The molecule has 1 aromatic heterocycles. The molecule has 0 saturated heterocycles. The number of rotatable bonds is 4. The molecule has 0 amide bonds. The molecule has 0 aromatic carbocycles. The maximum Gasteiger partial charge on any atom is 0.0779 e. The lowest BCUT2D eigenvalue weighted by molar-refractivity contribution is 0.168. The molecule has 12 heavy (non-hydrogen) atoms. The summed E-state index contributed by atoms with van der Waals surface area (Å²) in [4.78, 5) is 8.14. The van der Waals surface area contributed by atoms with Crippen molar-refractivity contribution < 1.29 is 4.74 Å². The Bertz CT molecular complexity index is 215. The Morgan fingerprint density at radius 3 is 2.92 bits per heavy atom. The third-order valence-electron chi connectivity index (χ3n) is 1.62. The number of ether oxygens (including phenoxy) is 1. The molecule has 1 atom stereocenters. The Hall–Kier alpha value is -1.00. The van der Waals surface area contributed by atoms with Crippen molar-refractivity contribution in [2.75, 3.05) is 20.8 Å². The first kappa shape index (κ1) is 9.09. The van der Waals surface area contributed by atoms with Crippen LogP contribution >= 0.6 is 0 Å². The van der Waals surface area contributed by atoms with Crippen LogP contribution in [0.5, 0.6) is 0 Å². The van der Waals surface area contributed by atoms with Crippen LogP contribution in [0, 0.1) is 0 Å². The topological polar surface area (TPSA) is 47.0 Å². The summed E-state index contributed by atoms with van der Waals surface area (Å²) in [5.41, 5.74) is 0.904. The highest BCUT2D eigenvalue weighted by atomic mass is 16.5. The van der Waals surface area contributed by atoms with Gasteiger partial charge in [0.2, 0.25) is 0 Å². The van der Waals surface area contributed by atoms with E-state index in [1.54, 1.807) is 25.7 Å². The van der Waals surface area contributed by atoms with E-state index in [-0.39, 0.29) is 6.04 Å². The first-order chi connectivity index (χ1) is 5.88. The molecule has 66 valence electrons. The van der Waals surface area contributed by atoms with E-state index in [1.165, 1.54) is 0 Å². The van der Waals surface area contributed by atoms with Crippen molar-refractivity contribution in [2.24, 2.45) is 0 Å². The van der Waals surface area contributed by atoms with Crippen LogP contribution in [0.1, 0.15) is 11.7 Å². The standard InChI is InChI=1S/C8H13N3O/c1-9-8(6-12-2)7-5-10-3-4-11-7/h3-5,8-9H,6H2,1-2H3. The van der Waals surface area contributed by atoms with Gasteiger partial charge in [0.15, 0.2) is 0 Å². The zero-order valence-electron chi connectivity index (χ0n) is 7.32. The Balaban J connectivity index is 2.66. The highest BCUT2D eigenvalue weighted by Crippen LogP contribution is 2.06. The van der Waals surface area contributed by atoms with Crippen molar-refractivity contribution in [1.29, 1.82) is 0 Å². The molecule has 0 aliphatic carbocycles. The summed E-state index contributed by atoms with van der Waals surface area (Å²) in [5.74, 6) is 0. The van der Waals surface area contributed by atoms with Crippen molar-refractivity contribution in [1.82, 2.24) is 15.3 Å². The van der Waals surface area contributed by atoms with E-state index in [1.807, 2.05) is 7.05 Å². The Morgan fingerprint density at radius 1 is 1.58 bits per heavy atom. The van der Waals surface area contributed by atoms with E-state index < -0.39 is 0 Å². The first-order valence-electron chi connectivity index (χ1n) is 3.80. The van der Waals surface area contributed by atoms with E-state index in [4.69, 9.17) is 4.74 Å². The zero-order valence-corrected chi connectivity index (χ0v) is 7.32. The van der Waals surface area contributed by atoms with Gasteiger partial charge < -0.3 is 10.1 Å². The molecule has 0 spiro atoms. The summed E-state index contributed by atoms with van der Waals surface area (Å²) in [6.07, 6.45) is 5.07. The van der Waals surface area contributed by atoms with Crippen LogP contribution in [0.2, 0.25) is 0 Å². The monoisotopic (exact) mass is 167 g/mol. The summed E-state index contributed by atoms with van der Waals surface area (Å²) < 4.78 is 5.02. The van der Waals surface area contributed by atoms with Crippen molar-refractivity contribution in [3.63, 3.8) is 0 Å². The fraction of sp³-hybridized carbons (Fsp3) is 0.500. The van der Waals surface area contributed by atoms with E-state index >= 15 is 0 Å². The normalized spacial score (nSPS) is 12.8. The fourth-order valence-corrected chi connectivity index (χ4v) is 0.974. The third-order valence-corrected chi connectivity index (χ3v) is 1.62. The van der Waals surface area contributed by atoms with Gasteiger partial charge in [0.05, 0.1) is 24.5 Å². The van der Waals surface area contributed by atoms with E-state index in [0.29, 0.717) is 6.61 Å². The van der Waals surface area contributed by atoms with Gasteiger partial charge in [-0.3, -0.25) is 9.97 Å². The van der Waals surface area contributed by atoms with Crippen LogP contribution < -0.4 is 5.32 Å². The third kappa shape index (κ3) is 2.25. The molecule has 0 aliphatic heterocycles. The molecule has 1 unspecified atom stereocenters. The van der Waals surface area contributed by atoms with Gasteiger partial charge in [0.25, 0.3) is 0 Å². The molecule has 0 aliphatic rings. The van der Waals surface area contributed by atoms with Crippen LogP contribution in [0.15, 0.2) is 18.6 Å². The minimum absolute atomic E-state index is 0.128. The number of hydrogen-bond acceptors (Lipinski definition) is 4. The van der Waals surface area contributed by atoms with Crippen molar-refractivity contribution in [3.05, 3.63) is 24.3 Å². The summed E-state index contributed by atoms with van der Waals surface area (Å²) in [6, 6.07) is 0.128. The van der Waals surface area contributed by atoms with Gasteiger partial charge in [0, 0.05) is 19.5 Å². The lowest BCUT2D eigenvalue weighted by atomic mass is 10.2. The van der Waals surface area contributed by atoms with Gasteiger partial charge in [-0.2, -0.15) is 0 Å². The Morgan fingerprint density at radius 2 is 2.42 bits per heavy atom. The smallest absolute Gasteiger partial charge is 0.0779 e. The van der Waals surface area contributed by atoms with Crippen LogP contribution in [-0.4, -0.2) is 30.7 Å². The Labute approximate surface area is 72.0 Å². The van der Waals surface area contributed by atoms with Gasteiger partial charge in [-0.15, -0.1) is 0 Å². The summed E-state index contributed by atoms with van der Waals surface area (Å²) >= 11 is 0. The summed E-state index contributed by atoms with van der Waals surface area (Å²) in [7, 11) is 3.54. The predicted molar refractivity (Wildman–Crippen MR) is 45.7 cm³/mol. The number of nitrogens with zero attached hydrogens (tertiary/aromatic N) is 2. The van der Waals surface area contributed by atoms with Crippen LogP contribution in [-0.2, 0) is 4.74 Å². The van der Waals surface area contributed by atoms with Gasteiger partial charge in [-0.1, -0.05) is 0 Å². The number of hydrogen-bond donors (Lipinski definition) is 1. The Kier molecular flexibility index (Phi) is 3.63. The highest BCUT2D eigenvalue weighted by molar-refractivity contribution is 5.01. The summed E-state index contributed by atoms with van der Waals surface area (Å²) in [5, 5.41) is 3.09. The maximum atomic E-state index is 5.02. The van der Waals surface area contributed by atoms with Gasteiger partial charge in [-0.05, 0) is 7.05 Å². The first-order valence-corrected chi connectivity index (χ1v) is 3.80. The van der Waals surface area contributed by atoms with Gasteiger partial charge >= 0.3 is 0 Å². The second kappa shape index (κ2) is 4.79. The second-order valence-corrected chi connectivity index (χ2v) is 2.43. The van der Waals surface area contributed by atoms with Gasteiger partial charge in [-0.25, -0.2) is 0 Å². The molecule has 1 heterocycles. The second-order valence-electron chi connectivity index (χ2n) is 2.43. The number of likely N-dealkylation sites (N-methyl/N-ethyl adjacent to an activating group) is 1. The van der Waals surface area contributed by atoms with Gasteiger partial charge in [0.1, 0.15) is 0 Å². The van der Waals surface area contributed by atoms with Crippen molar-refractivity contribution in [3.8, 4) is 0 Å². The molecule has 0 saturated carbocycles. The van der Waals surface area contributed by atoms with Crippen LogP contribution in [0.4, 0.5) is 0 Å². The molecule has 4 nitrogen and oxygen atoms in total. The number of aromatic nitrogens is 2. The minimum Gasteiger partial charge on any atom is -0.383 e. The molecule has 1 rings (SSSR count). The van der Waals surface area contributed by atoms with E-state index in [9.17, 15) is 0 Å². The van der Waals surface area contributed by atoms with E-state index in [2.05, 4.69) is 15.3 Å². The zero-order chi connectivity index (χ0) is 8.81. The molecule has 1 N–H and O–H groups in total. The SMILES string of the molecule is CNC(COC)c1cnccn1. The molecule has 0 bridgehead atoms. The fourth-order valence-electron chi connectivity index (χ4n) is 0.974. The maximum absolute atomic E-state index is 5.02. The lowest BCUT2D eigenvalue weighted by Crippen LogP contribution is -2.22. The molecule has 0 fully saturated rings. The molecule has 4 heteroatoms. The highest BCUT2D eigenvalue weighted by Gasteiger charge is 2.08. The largest absolute Gasteiger partial charge is 0.383 e. The van der Waals surface area contributed by atoms with Crippen molar-refractivity contribution in [2.45, 2.75) is 6.04 Å². The minimum atomic E-state index is 0.128. The van der Waals surface area contributed by atoms with E-state index in [0.717, 1.165) is 5.69 Å². The lowest BCUT2D eigenvalue weighted by Gasteiger charge is -2.13. The number of nitrogens with one attached hydrogen (secondary N) is 1. The molecule has 0 radical (unpaired) electrons. The number of methoxy groups -OCH3 is 1. The quantitative estimate of drug-likeness (QED) is 0.704. The average molecular weight is 167 g/mol. The average Bonchev–Trinajstić information content (AvgIpc) is 2.15. The molecular formula is C8H13N3O. The predicted octanol–water partition coefficient (Wildman–Crippen LogP) is 0.383. The molecular weight excluding hydrogens is 154 g/mol. The summed E-state index contributed by atoms with van der Waals surface area (Å²) in [6.45, 7) is 0.606. The van der Waals surface area contributed by atoms with Crippen LogP contribution in [0.3, 0.4) is 0 Å². The van der Waals surface area contributed by atoms with Crippen molar-refractivity contribution >= 4 is 0 Å².